The summed E-state index contributed by atoms with van der Waals surface area (Å²) in [5.74, 6) is 2.15. The number of ether oxygens (including phenoxy) is 2. The zero-order chi connectivity index (χ0) is 16.1. The van der Waals surface area contributed by atoms with E-state index in [0.29, 0.717) is 25.8 Å². The fraction of sp³-hybridized carbons (Fsp3) is 0.500. The SMILES string of the molecule is C=CCNC(N)=NCC1(c2ccc3c(c2)OCO3)CCCCC1.I. The summed E-state index contributed by atoms with van der Waals surface area (Å²) in [5.41, 5.74) is 7.27. The Kier molecular flexibility index (Phi) is 6.77. The average Bonchev–Trinajstić information content (AvgIpc) is 3.06. The van der Waals surface area contributed by atoms with Crippen molar-refractivity contribution < 1.29 is 9.47 Å². The smallest absolute Gasteiger partial charge is 0.231 e. The molecule has 0 amide bonds. The fourth-order valence-corrected chi connectivity index (χ4v) is 3.46. The molecule has 0 aromatic heterocycles. The van der Waals surface area contributed by atoms with Crippen LogP contribution in [0.3, 0.4) is 0 Å². The minimum absolute atomic E-state index is 0. The lowest BCUT2D eigenvalue weighted by molar-refractivity contribution is 0.174. The third-order valence-corrected chi connectivity index (χ3v) is 4.78. The van der Waals surface area contributed by atoms with Crippen LogP contribution in [-0.2, 0) is 5.41 Å². The predicted molar refractivity (Wildman–Crippen MR) is 107 cm³/mol. The maximum Gasteiger partial charge on any atom is 0.231 e. The Balaban J connectivity index is 0.00000208. The van der Waals surface area contributed by atoms with Crippen LogP contribution in [-0.4, -0.2) is 25.8 Å². The first-order valence-electron chi connectivity index (χ1n) is 8.28. The summed E-state index contributed by atoms with van der Waals surface area (Å²) in [4.78, 5) is 4.59. The van der Waals surface area contributed by atoms with Crippen LogP contribution in [0.2, 0.25) is 0 Å². The molecule has 24 heavy (non-hydrogen) atoms. The molecule has 2 aliphatic rings. The first-order valence-corrected chi connectivity index (χ1v) is 8.28. The van der Waals surface area contributed by atoms with E-state index in [9.17, 15) is 0 Å². The average molecular weight is 443 g/mol. The third kappa shape index (κ3) is 4.15. The third-order valence-electron chi connectivity index (χ3n) is 4.78. The van der Waals surface area contributed by atoms with Gasteiger partial charge in [0.05, 0.1) is 6.54 Å². The molecule has 6 heteroatoms. The predicted octanol–water partition coefficient (Wildman–Crippen LogP) is 3.33. The highest BCUT2D eigenvalue weighted by Crippen LogP contribution is 2.43. The number of hydrogen-bond acceptors (Lipinski definition) is 3. The molecule has 132 valence electrons. The Morgan fingerprint density at radius 2 is 2.00 bits per heavy atom. The van der Waals surface area contributed by atoms with E-state index < -0.39 is 0 Å². The highest BCUT2D eigenvalue weighted by Gasteiger charge is 2.35. The van der Waals surface area contributed by atoms with Gasteiger partial charge >= 0.3 is 0 Å². The molecule has 3 rings (SSSR count). The molecule has 1 heterocycles. The number of fused-ring (bicyclic) bond motifs is 1. The van der Waals surface area contributed by atoms with E-state index in [0.717, 1.165) is 24.3 Å². The maximum absolute atomic E-state index is 5.95. The first kappa shape index (κ1) is 18.9. The van der Waals surface area contributed by atoms with Gasteiger partial charge in [-0.05, 0) is 30.5 Å². The Morgan fingerprint density at radius 3 is 2.75 bits per heavy atom. The zero-order valence-corrected chi connectivity index (χ0v) is 16.3. The van der Waals surface area contributed by atoms with Crippen molar-refractivity contribution in [1.29, 1.82) is 0 Å². The monoisotopic (exact) mass is 443 g/mol. The second kappa shape index (κ2) is 8.60. The van der Waals surface area contributed by atoms with Gasteiger partial charge in [0.15, 0.2) is 17.5 Å². The van der Waals surface area contributed by atoms with Crippen LogP contribution in [0.4, 0.5) is 0 Å². The van der Waals surface area contributed by atoms with Gasteiger partial charge in [0, 0.05) is 12.0 Å². The Labute approximate surface area is 160 Å². The lowest BCUT2D eigenvalue weighted by Crippen LogP contribution is -2.36. The molecule has 0 unspecified atom stereocenters. The van der Waals surface area contributed by atoms with Gasteiger partial charge < -0.3 is 20.5 Å². The highest BCUT2D eigenvalue weighted by molar-refractivity contribution is 14.0. The van der Waals surface area contributed by atoms with Crippen LogP contribution in [0.25, 0.3) is 0 Å². The van der Waals surface area contributed by atoms with Crippen LogP contribution in [0, 0.1) is 0 Å². The van der Waals surface area contributed by atoms with E-state index in [2.05, 4.69) is 29.0 Å². The summed E-state index contributed by atoms with van der Waals surface area (Å²) in [6, 6.07) is 6.29. The van der Waals surface area contributed by atoms with Crippen LogP contribution in [0.5, 0.6) is 11.5 Å². The van der Waals surface area contributed by atoms with Crippen LogP contribution >= 0.6 is 24.0 Å². The number of nitrogens with zero attached hydrogens (tertiary/aromatic N) is 1. The second-order valence-electron chi connectivity index (χ2n) is 6.28. The van der Waals surface area contributed by atoms with E-state index in [1.54, 1.807) is 6.08 Å². The summed E-state index contributed by atoms with van der Waals surface area (Å²) >= 11 is 0. The molecule has 3 N–H and O–H groups in total. The van der Waals surface area contributed by atoms with Crippen LogP contribution in [0.1, 0.15) is 37.7 Å². The number of hydrogen-bond donors (Lipinski definition) is 2. The molecule has 0 saturated heterocycles. The lowest BCUT2D eigenvalue weighted by atomic mass is 9.69. The van der Waals surface area contributed by atoms with Crippen molar-refractivity contribution in [2.45, 2.75) is 37.5 Å². The van der Waals surface area contributed by atoms with E-state index in [1.165, 1.54) is 24.8 Å². The molecule has 1 aromatic rings. The molecule has 0 atom stereocenters. The molecular formula is C18H26IN3O2. The standard InChI is InChI=1S/C18H25N3O2.HI/c1-2-10-20-17(19)21-12-18(8-4-3-5-9-18)14-6-7-15-16(11-14)23-13-22-15;/h2,6-7,11H,1,3-5,8-10,12-13H2,(H3,19,20,21);1H. The van der Waals surface area contributed by atoms with Gasteiger partial charge in [0.25, 0.3) is 0 Å². The van der Waals surface area contributed by atoms with E-state index >= 15 is 0 Å². The summed E-state index contributed by atoms with van der Waals surface area (Å²) in [7, 11) is 0. The van der Waals surface area contributed by atoms with E-state index in [-0.39, 0.29) is 29.4 Å². The molecule has 1 aromatic carbocycles. The summed E-state index contributed by atoms with van der Waals surface area (Å²) in [6.45, 7) is 5.31. The topological polar surface area (TPSA) is 68.9 Å². The number of guanidine groups is 1. The number of rotatable bonds is 5. The van der Waals surface area contributed by atoms with E-state index in [1.807, 2.05) is 6.07 Å². The second-order valence-corrected chi connectivity index (χ2v) is 6.28. The van der Waals surface area contributed by atoms with Gasteiger partial charge in [-0.25, -0.2) is 0 Å². The van der Waals surface area contributed by atoms with Gasteiger partial charge in [-0.1, -0.05) is 31.4 Å². The number of nitrogens with two attached hydrogens (primary N) is 1. The molecular weight excluding hydrogens is 417 g/mol. The number of nitrogens with one attached hydrogen (secondary N) is 1. The van der Waals surface area contributed by atoms with Crippen molar-refractivity contribution >= 4 is 29.9 Å². The molecule has 1 aliphatic heterocycles. The van der Waals surface area contributed by atoms with Crippen LogP contribution in [0.15, 0.2) is 35.8 Å². The van der Waals surface area contributed by atoms with Gasteiger partial charge in [-0.15, -0.1) is 30.6 Å². The molecule has 0 radical (unpaired) electrons. The van der Waals surface area contributed by atoms with Crippen molar-refractivity contribution in [3.8, 4) is 11.5 Å². The van der Waals surface area contributed by atoms with Gasteiger partial charge in [0.2, 0.25) is 6.79 Å². The van der Waals surface area contributed by atoms with Crippen molar-refractivity contribution in [3.05, 3.63) is 36.4 Å². The zero-order valence-electron chi connectivity index (χ0n) is 13.9. The van der Waals surface area contributed by atoms with Gasteiger partial charge in [-0.3, -0.25) is 4.99 Å². The number of aliphatic imine (C=N–C) groups is 1. The van der Waals surface area contributed by atoms with E-state index in [4.69, 9.17) is 15.2 Å². The Hall–Kier alpha value is -1.44. The minimum atomic E-state index is 0. The Morgan fingerprint density at radius 1 is 1.25 bits per heavy atom. The summed E-state index contributed by atoms with van der Waals surface area (Å²) in [5, 5.41) is 3.05. The van der Waals surface area contributed by atoms with Crippen molar-refractivity contribution in [1.82, 2.24) is 5.32 Å². The molecule has 5 nitrogen and oxygen atoms in total. The van der Waals surface area contributed by atoms with Crippen molar-refractivity contribution in [3.63, 3.8) is 0 Å². The molecule has 1 fully saturated rings. The largest absolute Gasteiger partial charge is 0.454 e. The summed E-state index contributed by atoms with van der Waals surface area (Å²) in [6.07, 6.45) is 7.78. The first-order chi connectivity index (χ1) is 11.2. The van der Waals surface area contributed by atoms with Gasteiger partial charge in [0.1, 0.15) is 0 Å². The fourth-order valence-electron chi connectivity index (χ4n) is 3.46. The highest BCUT2D eigenvalue weighted by atomic mass is 127. The van der Waals surface area contributed by atoms with Crippen molar-refractivity contribution in [2.75, 3.05) is 19.9 Å². The van der Waals surface area contributed by atoms with Gasteiger partial charge in [-0.2, -0.15) is 0 Å². The van der Waals surface area contributed by atoms with Crippen LogP contribution < -0.4 is 20.5 Å². The summed E-state index contributed by atoms with van der Waals surface area (Å²) < 4.78 is 11.0. The molecule has 0 bridgehead atoms. The maximum atomic E-state index is 5.95. The van der Waals surface area contributed by atoms with Crippen molar-refractivity contribution in [2.24, 2.45) is 10.7 Å². The Bertz CT molecular complexity index is 598. The normalized spacial score (nSPS) is 18.6. The molecule has 1 aliphatic carbocycles. The number of halogens is 1. The minimum Gasteiger partial charge on any atom is -0.454 e. The lowest BCUT2D eigenvalue weighted by Gasteiger charge is -2.36. The number of benzene rings is 1. The molecule has 0 spiro atoms. The molecule has 1 saturated carbocycles. The quantitative estimate of drug-likeness (QED) is 0.317.